The first-order valence-corrected chi connectivity index (χ1v) is 9.86. The molecule has 0 saturated heterocycles. The van der Waals surface area contributed by atoms with Crippen molar-refractivity contribution >= 4 is 35.8 Å². The van der Waals surface area contributed by atoms with E-state index in [4.69, 9.17) is 9.47 Å². The monoisotopic (exact) mass is 518 g/mol. The lowest BCUT2D eigenvalue weighted by Gasteiger charge is -2.20. The number of benzene rings is 1. The van der Waals surface area contributed by atoms with Gasteiger partial charge >= 0.3 is 0 Å². The number of para-hydroxylation sites is 1. The van der Waals surface area contributed by atoms with E-state index in [-0.39, 0.29) is 47.6 Å². The molecule has 0 fully saturated rings. The molecule has 0 unspecified atom stereocenters. The van der Waals surface area contributed by atoms with Gasteiger partial charge in [-0.05, 0) is 47.6 Å². The molecule has 1 aromatic carbocycles. The predicted octanol–water partition coefficient (Wildman–Crippen LogP) is 2.87. The summed E-state index contributed by atoms with van der Waals surface area (Å²) in [5.41, 5.74) is 0.715. The first-order valence-electron chi connectivity index (χ1n) is 9.86. The van der Waals surface area contributed by atoms with Gasteiger partial charge in [0, 0.05) is 24.1 Å². The number of guanidine groups is 1. The van der Waals surface area contributed by atoms with Crippen molar-refractivity contribution in [3.8, 4) is 11.5 Å². The van der Waals surface area contributed by atoms with Gasteiger partial charge in [-0.25, -0.2) is 4.99 Å². The fourth-order valence-electron chi connectivity index (χ4n) is 2.98. The molecule has 2 rings (SSSR count). The van der Waals surface area contributed by atoms with Crippen molar-refractivity contribution in [3.63, 3.8) is 0 Å². The summed E-state index contributed by atoms with van der Waals surface area (Å²) >= 11 is 0. The van der Waals surface area contributed by atoms with Gasteiger partial charge in [-0.3, -0.25) is 4.79 Å². The van der Waals surface area contributed by atoms with Crippen LogP contribution in [-0.2, 0) is 11.2 Å². The van der Waals surface area contributed by atoms with E-state index in [2.05, 4.69) is 40.9 Å². The molecule has 0 aromatic heterocycles. The lowest BCUT2D eigenvalue weighted by atomic mass is 10.0. The molecule has 1 amide bonds. The highest BCUT2D eigenvalue weighted by atomic mass is 127. The Hall–Kier alpha value is -1.71. The maximum absolute atomic E-state index is 11.9. The lowest BCUT2D eigenvalue weighted by Crippen LogP contribution is -2.43. The molecule has 3 N–H and O–H groups in total. The van der Waals surface area contributed by atoms with Crippen molar-refractivity contribution in [2.45, 2.75) is 59.1 Å². The minimum Gasteiger partial charge on any atom is -0.488 e. The number of hydrogen-bond acceptors (Lipinski definition) is 4. The number of nitrogens with zero attached hydrogens (tertiary/aromatic N) is 1. The zero-order chi connectivity index (χ0) is 20.8. The smallest absolute Gasteiger partial charge is 0.242 e. The Balaban J connectivity index is 0.00000420. The average Bonchev–Trinajstić information content (AvgIpc) is 2.89. The summed E-state index contributed by atoms with van der Waals surface area (Å²) in [6, 6.07) is 6.00. The van der Waals surface area contributed by atoms with Crippen LogP contribution < -0.4 is 25.4 Å². The molecule has 7 nitrogen and oxygen atoms in total. The highest BCUT2D eigenvalue weighted by Crippen LogP contribution is 2.41. The van der Waals surface area contributed by atoms with Gasteiger partial charge in [0.25, 0.3) is 0 Å². The quantitative estimate of drug-likeness (QED) is 0.224. The molecule has 0 spiro atoms. The third-order valence-electron chi connectivity index (χ3n) is 3.95. The normalized spacial score (nSPS) is 14.9. The van der Waals surface area contributed by atoms with Crippen molar-refractivity contribution in [2.75, 3.05) is 26.2 Å². The topological polar surface area (TPSA) is 84.0 Å². The molecule has 8 heteroatoms. The van der Waals surface area contributed by atoms with Gasteiger partial charge in [-0.15, -0.1) is 24.0 Å². The lowest BCUT2D eigenvalue weighted by molar-refractivity contribution is -0.121. The van der Waals surface area contributed by atoms with Crippen LogP contribution in [0.3, 0.4) is 0 Å². The summed E-state index contributed by atoms with van der Waals surface area (Å²) in [6.45, 7) is 13.8. The van der Waals surface area contributed by atoms with Crippen molar-refractivity contribution in [3.05, 3.63) is 23.8 Å². The summed E-state index contributed by atoms with van der Waals surface area (Å²) in [4.78, 5) is 16.3. The number of amides is 1. The van der Waals surface area contributed by atoms with E-state index in [1.54, 1.807) is 0 Å². The first-order chi connectivity index (χ1) is 13.1. The molecular formula is C21H35IN4O3. The Morgan fingerprint density at radius 3 is 2.66 bits per heavy atom. The molecule has 1 aliphatic rings. The standard InChI is InChI=1S/C21H34N4O3.HI/c1-7-22-19(24-14-17(26)25-20(2,3)4)23-11-12-27-16-10-8-9-15-13-21(5,6)28-18(15)16;/h8-10H,7,11-14H2,1-6H3,(H,25,26)(H2,22,23,24);1H. The third kappa shape index (κ3) is 8.67. The van der Waals surface area contributed by atoms with Crippen LogP contribution in [0.25, 0.3) is 0 Å². The fraction of sp³-hybridized carbons (Fsp3) is 0.619. The minimum absolute atomic E-state index is 0. The molecule has 0 bridgehead atoms. The number of halogens is 1. The highest BCUT2D eigenvalue weighted by Gasteiger charge is 2.32. The molecule has 0 aliphatic carbocycles. The Bertz CT molecular complexity index is 714. The third-order valence-corrected chi connectivity index (χ3v) is 3.95. The molecule has 1 aromatic rings. The largest absolute Gasteiger partial charge is 0.488 e. The zero-order valence-electron chi connectivity index (χ0n) is 18.3. The van der Waals surface area contributed by atoms with Crippen LogP contribution in [0.5, 0.6) is 11.5 Å². The molecule has 29 heavy (non-hydrogen) atoms. The Labute approximate surface area is 191 Å². The fourth-order valence-corrected chi connectivity index (χ4v) is 2.98. The van der Waals surface area contributed by atoms with Crippen LogP contribution in [0.15, 0.2) is 23.2 Å². The Morgan fingerprint density at radius 1 is 1.28 bits per heavy atom. The Kier molecular flexibility index (Phi) is 9.51. The first kappa shape index (κ1) is 25.3. The summed E-state index contributed by atoms with van der Waals surface area (Å²) < 4.78 is 11.9. The highest BCUT2D eigenvalue weighted by molar-refractivity contribution is 14.0. The van der Waals surface area contributed by atoms with Crippen molar-refractivity contribution < 1.29 is 14.3 Å². The van der Waals surface area contributed by atoms with Crippen molar-refractivity contribution in [1.82, 2.24) is 16.0 Å². The van der Waals surface area contributed by atoms with Crippen LogP contribution in [0, 0.1) is 0 Å². The van der Waals surface area contributed by atoms with Gasteiger partial charge in [0.1, 0.15) is 18.8 Å². The Morgan fingerprint density at radius 2 is 2.00 bits per heavy atom. The summed E-state index contributed by atoms with van der Waals surface area (Å²) in [6.07, 6.45) is 0.881. The van der Waals surface area contributed by atoms with Gasteiger partial charge in [-0.1, -0.05) is 12.1 Å². The molecule has 1 heterocycles. The zero-order valence-corrected chi connectivity index (χ0v) is 20.7. The van der Waals surface area contributed by atoms with Crippen LogP contribution in [0.2, 0.25) is 0 Å². The van der Waals surface area contributed by atoms with E-state index >= 15 is 0 Å². The number of carbonyl (C=O) groups excluding carboxylic acids is 1. The summed E-state index contributed by atoms with van der Waals surface area (Å²) in [5, 5.41) is 9.21. The molecule has 0 atom stereocenters. The minimum atomic E-state index is -0.265. The molecule has 1 aliphatic heterocycles. The predicted molar refractivity (Wildman–Crippen MR) is 128 cm³/mol. The van der Waals surface area contributed by atoms with Crippen LogP contribution >= 0.6 is 24.0 Å². The average molecular weight is 518 g/mol. The SMILES string of the molecule is CCNC(=NCC(=O)NC(C)(C)C)NCCOc1cccc2c1OC(C)(C)C2.I. The molecule has 0 radical (unpaired) electrons. The summed E-state index contributed by atoms with van der Waals surface area (Å²) in [7, 11) is 0. The van der Waals surface area contributed by atoms with Gasteiger partial charge in [-0.2, -0.15) is 0 Å². The second kappa shape index (κ2) is 10.9. The van der Waals surface area contributed by atoms with E-state index in [1.807, 2.05) is 39.8 Å². The number of carbonyl (C=O) groups is 1. The number of ether oxygens (including phenoxy) is 2. The van der Waals surface area contributed by atoms with Crippen molar-refractivity contribution in [2.24, 2.45) is 4.99 Å². The van der Waals surface area contributed by atoms with Crippen LogP contribution in [0.4, 0.5) is 0 Å². The van der Waals surface area contributed by atoms with E-state index in [1.165, 1.54) is 5.56 Å². The van der Waals surface area contributed by atoms with Crippen LogP contribution in [0.1, 0.15) is 47.1 Å². The maximum atomic E-state index is 11.9. The van der Waals surface area contributed by atoms with Crippen molar-refractivity contribution in [1.29, 1.82) is 0 Å². The van der Waals surface area contributed by atoms with E-state index in [9.17, 15) is 4.79 Å². The number of aliphatic imine (C=N–C) groups is 1. The molecule has 164 valence electrons. The second-order valence-electron chi connectivity index (χ2n) is 8.55. The number of rotatable bonds is 7. The number of fused-ring (bicyclic) bond motifs is 1. The van der Waals surface area contributed by atoms with E-state index < -0.39 is 0 Å². The van der Waals surface area contributed by atoms with Gasteiger partial charge < -0.3 is 25.4 Å². The number of hydrogen-bond donors (Lipinski definition) is 3. The molecular weight excluding hydrogens is 483 g/mol. The maximum Gasteiger partial charge on any atom is 0.242 e. The van der Waals surface area contributed by atoms with Crippen LogP contribution in [-0.4, -0.2) is 49.2 Å². The van der Waals surface area contributed by atoms with E-state index in [0.717, 1.165) is 17.9 Å². The summed E-state index contributed by atoms with van der Waals surface area (Å²) in [5.74, 6) is 2.08. The second-order valence-corrected chi connectivity index (χ2v) is 8.55. The molecule has 0 saturated carbocycles. The number of nitrogens with one attached hydrogen (secondary N) is 3. The van der Waals surface area contributed by atoms with Gasteiger partial charge in [0.15, 0.2) is 17.5 Å². The van der Waals surface area contributed by atoms with Gasteiger partial charge in [0.05, 0.1) is 6.54 Å². The van der Waals surface area contributed by atoms with E-state index in [0.29, 0.717) is 25.7 Å². The van der Waals surface area contributed by atoms with Gasteiger partial charge in [0.2, 0.25) is 5.91 Å².